The third-order valence-corrected chi connectivity index (χ3v) is 13.2. The molecule has 0 spiro atoms. The van der Waals surface area contributed by atoms with Crippen LogP contribution in [0.1, 0.15) is 284 Å². The van der Waals surface area contributed by atoms with Gasteiger partial charge >= 0.3 is 17.9 Å². The van der Waals surface area contributed by atoms with E-state index in [9.17, 15) is 14.4 Å². The Morgan fingerprint density at radius 3 is 0.803 bits per heavy atom. The molecule has 432 valence electrons. The number of hydrogen-bond acceptors (Lipinski definition) is 6. The third kappa shape index (κ3) is 60.7. The van der Waals surface area contributed by atoms with Gasteiger partial charge in [-0.05, 0) is 109 Å². The average molecular weight is 1050 g/mol. The van der Waals surface area contributed by atoms with E-state index in [0.717, 1.165) is 148 Å². The van der Waals surface area contributed by atoms with E-state index in [0.29, 0.717) is 19.3 Å². The summed E-state index contributed by atoms with van der Waals surface area (Å²) in [6.45, 7) is 6.40. The number of carbonyl (C=O) groups excluding carboxylic acids is 3. The normalized spacial score (nSPS) is 12.9. The lowest BCUT2D eigenvalue weighted by Crippen LogP contribution is -2.30. The zero-order valence-corrected chi connectivity index (χ0v) is 49.5. The summed E-state index contributed by atoms with van der Waals surface area (Å²) in [6.07, 6.45) is 87.7. The molecule has 0 aromatic heterocycles. The van der Waals surface area contributed by atoms with Gasteiger partial charge in [0.05, 0.1) is 0 Å². The van der Waals surface area contributed by atoms with Gasteiger partial charge in [-0.2, -0.15) is 0 Å². The van der Waals surface area contributed by atoms with Crippen LogP contribution >= 0.6 is 0 Å². The number of rotatable bonds is 56. The molecule has 0 saturated heterocycles. The van der Waals surface area contributed by atoms with Crippen molar-refractivity contribution in [2.24, 2.45) is 0 Å². The predicted octanol–water partition coefficient (Wildman–Crippen LogP) is 21.6. The lowest BCUT2D eigenvalue weighted by molar-refractivity contribution is -0.167. The standard InChI is InChI=1S/C70H116O6/c1-4-7-10-13-16-19-22-25-27-29-31-33-34-35-36-38-39-41-43-45-48-51-54-57-60-63-69(72)75-66-67(65-74-68(71)62-59-56-53-50-47-24-21-18-15-12-9-6-3)76-70(73)64-61-58-55-52-49-46-44-42-40-37-32-30-28-26-23-20-17-14-11-8-5-2/h7-8,10-11,16-17,19-20,25-28,31-33,35-37,42,44,67H,4-6,9,12-15,18,21-24,29-30,34,38-41,43,45-66H2,1-3H3/b10-7-,11-8-,19-16-,20-17-,27-25-,28-26-,33-31-,36-35-,37-32-,44-42-. The first-order valence-electron chi connectivity index (χ1n) is 31.5. The highest BCUT2D eigenvalue weighted by atomic mass is 16.6. The SMILES string of the molecule is CC/C=C\C/C=C\C/C=C\C/C=C\C/C=C\CCCCCCCCCCCC(=O)OCC(COC(=O)CCCCCCCCCCCCCC)OC(=O)CCCCCCC/C=C\C/C=C\C/C=C\C/C=C\C/C=C\CC. The Bertz CT molecular complexity index is 1590. The Balaban J connectivity index is 4.37. The Hall–Kier alpha value is -4.19. The van der Waals surface area contributed by atoms with Gasteiger partial charge in [0, 0.05) is 19.3 Å². The molecular weight excluding hydrogens is 937 g/mol. The summed E-state index contributed by atoms with van der Waals surface area (Å²) in [5, 5.41) is 0. The Morgan fingerprint density at radius 1 is 0.276 bits per heavy atom. The molecule has 0 rings (SSSR count). The van der Waals surface area contributed by atoms with E-state index in [1.54, 1.807) is 0 Å². The minimum Gasteiger partial charge on any atom is -0.462 e. The highest BCUT2D eigenvalue weighted by Gasteiger charge is 2.19. The van der Waals surface area contributed by atoms with Crippen molar-refractivity contribution in [1.82, 2.24) is 0 Å². The first-order valence-corrected chi connectivity index (χ1v) is 31.5. The van der Waals surface area contributed by atoms with Crippen LogP contribution in [0.2, 0.25) is 0 Å². The van der Waals surface area contributed by atoms with Crippen molar-refractivity contribution < 1.29 is 28.6 Å². The van der Waals surface area contributed by atoms with Crippen LogP contribution in [0.15, 0.2) is 122 Å². The molecule has 0 bridgehead atoms. The second-order valence-corrected chi connectivity index (χ2v) is 20.6. The molecule has 0 saturated carbocycles. The molecule has 0 aliphatic carbocycles. The highest BCUT2D eigenvalue weighted by molar-refractivity contribution is 5.71. The zero-order valence-electron chi connectivity index (χ0n) is 49.5. The fourth-order valence-electron chi connectivity index (χ4n) is 8.56. The molecule has 6 heteroatoms. The van der Waals surface area contributed by atoms with E-state index in [2.05, 4.69) is 142 Å². The fourth-order valence-corrected chi connectivity index (χ4v) is 8.56. The molecule has 6 nitrogen and oxygen atoms in total. The summed E-state index contributed by atoms with van der Waals surface area (Å²) >= 11 is 0. The van der Waals surface area contributed by atoms with Crippen molar-refractivity contribution in [3.63, 3.8) is 0 Å². The van der Waals surface area contributed by atoms with E-state index in [1.807, 2.05) is 0 Å². The molecule has 0 aliphatic rings. The van der Waals surface area contributed by atoms with Gasteiger partial charge in [-0.3, -0.25) is 14.4 Å². The summed E-state index contributed by atoms with van der Waals surface area (Å²) in [4.78, 5) is 38.3. The smallest absolute Gasteiger partial charge is 0.306 e. The number of ether oxygens (including phenoxy) is 3. The van der Waals surface area contributed by atoms with Gasteiger partial charge in [-0.25, -0.2) is 0 Å². The van der Waals surface area contributed by atoms with Gasteiger partial charge in [0.15, 0.2) is 6.10 Å². The molecule has 0 aromatic carbocycles. The van der Waals surface area contributed by atoms with Crippen molar-refractivity contribution >= 4 is 17.9 Å². The van der Waals surface area contributed by atoms with Crippen LogP contribution in [0.5, 0.6) is 0 Å². The van der Waals surface area contributed by atoms with Crippen LogP contribution in [-0.4, -0.2) is 37.2 Å². The minimum atomic E-state index is -0.794. The summed E-state index contributed by atoms with van der Waals surface area (Å²) in [5.74, 6) is -0.909. The highest BCUT2D eigenvalue weighted by Crippen LogP contribution is 2.16. The Morgan fingerprint density at radius 2 is 0.513 bits per heavy atom. The van der Waals surface area contributed by atoms with E-state index in [1.165, 1.54) is 96.3 Å². The van der Waals surface area contributed by atoms with Crippen LogP contribution in [-0.2, 0) is 28.6 Å². The maximum Gasteiger partial charge on any atom is 0.306 e. The summed E-state index contributed by atoms with van der Waals surface area (Å²) in [7, 11) is 0. The van der Waals surface area contributed by atoms with Crippen LogP contribution in [0.25, 0.3) is 0 Å². The molecule has 76 heavy (non-hydrogen) atoms. The maximum atomic E-state index is 12.9. The van der Waals surface area contributed by atoms with Crippen molar-refractivity contribution in [3.8, 4) is 0 Å². The van der Waals surface area contributed by atoms with Gasteiger partial charge in [-0.1, -0.05) is 277 Å². The Labute approximate surface area is 469 Å². The first kappa shape index (κ1) is 71.8. The number of unbranched alkanes of at least 4 members (excludes halogenated alkanes) is 25. The van der Waals surface area contributed by atoms with Crippen molar-refractivity contribution in [3.05, 3.63) is 122 Å². The van der Waals surface area contributed by atoms with E-state index >= 15 is 0 Å². The molecule has 0 radical (unpaired) electrons. The molecule has 0 fully saturated rings. The van der Waals surface area contributed by atoms with Crippen LogP contribution in [0, 0.1) is 0 Å². The van der Waals surface area contributed by atoms with Crippen molar-refractivity contribution in [2.75, 3.05) is 13.2 Å². The molecule has 0 amide bonds. The molecule has 1 unspecified atom stereocenters. The Kier molecular flexibility index (Phi) is 59.9. The number of carbonyl (C=O) groups is 3. The summed E-state index contributed by atoms with van der Waals surface area (Å²) < 4.78 is 16.9. The monoisotopic (exact) mass is 1050 g/mol. The third-order valence-electron chi connectivity index (χ3n) is 13.2. The molecule has 0 aliphatic heterocycles. The molecule has 0 aromatic rings. The summed E-state index contributed by atoms with van der Waals surface area (Å²) in [5.41, 5.74) is 0. The minimum absolute atomic E-state index is 0.0880. The quantitative estimate of drug-likeness (QED) is 0.0261. The molecule has 0 N–H and O–H groups in total. The fraction of sp³-hybridized carbons (Fsp3) is 0.671. The summed E-state index contributed by atoms with van der Waals surface area (Å²) in [6, 6.07) is 0. The topological polar surface area (TPSA) is 78.9 Å². The first-order chi connectivity index (χ1) is 37.5. The van der Waals surface area contributed by atoms with Gasteiger partial charge in [-0.15, -0.1) is 0 Å². The van der Waals surface area contributed by atoms with Gasteiger partial charge in [0.25, 0.3) is 0 Å². The second-order valence-electron chi connectivity index (χ2n) is 20.6. The van der Waals surface area contributed by atoms with Crippen LogP contribution in [0.3, 0.4) is 0 Å². The predicted molar refractivity (Wildman–Crippen MR) is 330 cm³/mol. The largest absolute Gasteiger partial charge is 0.462 e. The van der Waals surface area contributed by atoms with E-state index in [-0.39, 0.29) is 31.1 Å². The van der Waals surface area contributed by atoms with Crippen LogP contribution < -0.4 is 0 Å². The van der Waals surface area contributed by atoms with Gasteiger partial charge in [0.2, 0.25) is 0 Å². The number of hydrogen-bond donors (Lipinski definition) is 0. The maximum absolute atomic E-state index is 12.9. The average Bonchev–Trinajstić information content (AvgIpc) is 3.42. The number of allylic oxidation sites excluding steroid dienone is 20. The lowest BCUT2D eigenvalue weighted by atomic mass is 10.0. The molecule has 1 atom stereocenters. The number of esters is 3. The molecule has 0 heterocycles. The van der Waals surface area contributed by atoms with E-state index in [4.69, 9.17) is 14.2 Å². The van der Waals surface area contributed by atoms with Gasteiger partial charge in [0.1, 0.15) is 13.2 Å². The lowest BCUT2D eigenvalue weighted by Gasteiger charge is -2.18. The van der Waals surface area contributed by atoms with Crippen molar-refractivity contribution in [2.45, 2.75) is 290 Å². The van der Waals surface area contributed by atoms with Gasteiger partial charge < -0.3 is 14.2 Å². The van der Waals surface area contributed by atoms with Crippen molar-refractivity contribution in [1.29, 1.82) is 0 Å². The molecular formula is C70H116O6. The zero-order chi connectivity index (χ0) is 55.0. The second kappa shape index (κ2) is 63.3. The van der Waals surface area contributed by atoms with E-state index < -0.39 is 6.10 Å². The van der Waals surface area contributed by atoms with Crippen LogP contribution in [0.4, 0.5) is 0 Å².